The van der Waals surface area contributed by atoms with Gasteiger partial charge in [0.05, 0.1) is 11.3 Å². The molecule has 2 rings (SSSR count). The van der Waals surface area contributed by atoms with Crippen LogP contribution in [0.3, 0.4) is 0 Å². The van der Waals surface area contributed by atoms with Crippen molar-refractivity contribution < 1.29 is 13.6 Å². The first kappa shape index (κ1) is 14.3. The molecule has 3 nitrogen and oxygen atoms in total. The molecule has 0 bridgehead atoms. The third-order valence-corrected chi connectivity index (χ3v) is 3.10. The zero-order valence-electron chi connectivity index (χ0n) is 10.3. The average molecular weight is 297 g/mol. The van der Waals surface area contributed by atoms with Crippen molar-refractivity contribution in [1.82, 2.24) is 5.32 Å². The first-order valence-electron chi connectivity index (χ1n) is 5.75. The topological polar surface area (TPSA) is 55.1 Å². The van der Waals surface area contributed by atoms with Gasteiger partial charge in [0.1, 0.15) is 11.6 Å². The lowest BCUT2D eigenvalue weighted by Gasteiger charge is -2.08. The van der Waals surface area contributed by atoms with E-state index in [9.17, 15) is 13.6 Å². The summed E-state index contributed by atoms with van der Waals surface area (Å²) in [5.74, 6) is -2.55. The maximum Gasteiger partial charge on any atom is 0.254 e. The Morgan fingerprint density at radius 2 is 1.90 bits per heavy atom. The summed E-state index contributed by atoms with van der Waals surface area (Å²) >= 11 is 5.94. The third-order valence-electron chi connectivity index (χ3n) is 2.73. The first-order valence-corrected chi connectivity index (χ1v) is 6.13. The van der Waals surface area contributed by atoms with Crippen molar-refractivity contribution in [2.24, 2.45) is 0 Å². The summed E-state index contributed by atoms with van der Waals surface area (Å²) in [5.41, 5.74) is 5.42. The van der Waals surface area contributed by atoms with Gasteiger partial charge in [-0.15, -0.1) is 0 Å². The second kappa shape index (κ2) is 5.88. The fraction of sp³-hybridized carbons (Fsp3) is 0.0714. The Morgan fingerprint density at radius 1 is 1.20 bits per heavy atom. The number of nitrogens with one attached hydrogen (secondary N) is 1. The molecule has 20 heavy (non-hydrogen) atoms. The Bertz CT molecular complexity index is 662. The van der Waals surface area contributed by atoms with Crippen LogP contribution in [0.5, 0.6) is 0 Å². The molecule has 0 fully saturated rings. The lowest BCUT2D eigenvalue weighted by Crippen LogP contribution is -2.24. The van der Waals surface area contributed by atoms with Crippen molar-refractivity contribution in [3.63, 3.8) is 0 Å². The van der Waals surface area contributed by atoms with Crippen molar-refractivity contribution in [3.8, 4) is 0 Å². The molecule has 2 aromatic carbocycles. The molecule has 0 unspecified atom stereocenters. The van der Waals surface area contributed by atoms with Gasteiger partial charge in [0.25, 0.3) is 5.91 Å². The summed E-state index contributed by atoms with van der Waals surface area (Å²) in [6.07, 6.45) is 0. The maximum absolute atomic E-state index is 13.5. The number of anilines is 1. The van der Waals surface area contributed by atoms with E-state index in [1.807, 2.05) is 0 Å². The number of carbonyl (C=O) groups is 1. The summed E-state index contributed by atoms with van der Waals surface area (Å²) in [7, 11) is 0. The summed E-state index contributed by atoms with van der Waals surface area (Å²) in [5, 5.41) is 2.99. The molecule has 0 aliphatic carbocycles. The fourth-order valence-corrected chi connectivity index (χ4v) is 1.85. The van der Waals surface area contributed by atoms with Crippen LogP contribution in [-0.2, 0) is 6.54 Å². The van der Waals surface area contributed by atoms with E-state index in [-0.39, 0.29) is 17.8 Å². The Labute approximate surface area is 119 Å². The molecule has 0 spiro atoms. The van der Waals surface area contributed by atoms with E-state index >= 15 is 0 Å². The van der Waals surface area contributed by atoms with Crippen LogP contribution in [0.1, 0.15) is 15.9 Å². The van der Waals surface area contributed by atoms with Crippen molar-refractivity contribution in [1.29, 1.82) is 0 Å². The molecule has 6 heteroatoms. The molecule has 3 N–H and O–H groups in total. The highest BCUT2D eigenvalue weighted by atomic mass is 35.5. The highest BCUT2D eigenvalue weighted by molar-refractivity contribution is 6.31. The van der Waals surface area contributed by atoms with E-state index in [4.69, 9.17) is 17.3 Å². The lowest BCUT2D eigenvalue weighted by atomic mass is 10.1. The van der Waals surface area contributed by atoms with Crippen molar-refractivity contribution in [3.05, 3.63) is 64.2 Å². The fourth-order valence-electron chi connectivity index (χ4n) is 1.65. The van der Waals surface area contributed by atoms with Crippen LogP contribution in [0.25, 0.3) is 0 Å². The standard InChI is InChI=1S/C14H11ClF2N2O/c15-10-4-2-1-3-8(10)7-19-14(20)9-5-13(18)12(17)6-11(9)16/h1-6H,7,18H2,(H,19,20). The van der Waals surface area contributed by atoms with Crippen LogP contribution >= 0.6 is 11.6 Å². The summed E-state index contributed by atoms with van der Waals surface area (Å²) < 4.78 is 26.5. The van der Waals surface area contributed by atoms with Gasteiger partial charge in [-0.05, 0) is 17.7 Å². The predicted molar refractivity (Wildman–Crippen MR) is 73.4 cm³/mol. The molecule has 0 saturated carbocycles. The highest BCUT2D eigenvalue weighted by Crippen LogP contribution is 2.18. The average Bonchev–Trinajstić information content (AvgIpc) is 2.41. The number of nitrogens with two attached hydrogens (primary N) is 1. The number of rotatable bonds is 3. The first-order chi connectivity index (χ1) is 9.49. The minimum absolute atomic E-state index is 0.134. The van der Waals surface area contributed by atoms with E-state index < -0.39 is 17.5 Å². The largest absolute Gasteiger partial charge is 0.396 e. The SMILES string of the molecule is Nc1cc(C(=O)NCc2ccccc2Cl)c(F)cc1F. The summed E-state index contributed by atoms with van der Waals surface area (Å²) in [6, 6.07) is 8.49. The predicted octanol–water partition coefficient (Wildman–Crippen LogP) is 3.13. The van der Waals surface area contributed by atoms with E-state index in [0.29, 0.717) is 16.7 Å². The van der Waals surface area contributed by atoms with Crippen molar-refractivity contribution in [2.75, 3.05) is 5.73 Å². The number of hydrogen-bond acceptors (Lipinski definition) is 2. The molecule has 0 aliphatic rings. The monoisotopic (exact) mass is 296 g/mol. The maximum atomic E-state index is 13.5. The number of halogens is 3. The van der Waals surface area contributed by atoms with Gasteiger partial charge in [0.15, 0.2) is 0 Å². The van der Waals surface area contributed by atoms with Gasteiger partial charge in [-0.1, -0.05) is 29.8 Å². The quantitative estimate of drug-likeness (QED) is 0.855. The lowest BCUT2D eigenvalue weighted by molar-refractivity contribution is 0.0947. The van der Waals surface area contributed by atoms with Crippen molar-refractivity contribution in [2.45, 2.75) is 6.54 Å². The minimum Gasteiger partial charge on any atom is -0.396 e. The van der Waals surface area contributed by atoms with Crippen LogP contribution in [0.2, 0.25) is 5.02 Å². The number of amides is 1. The van der Waals surface area contributed by atoms with Crippen LogP contribution in [0, 0.1) is 11.6 Å². The Kier molecular flexibility index (Phi) is 4.20. The van der Waals surface area contributed by atoms with Crippen LogP contribution in [-0.4, -0.2) is 5.91 Å². The smallest absolute Gasteiger partial charge is 0.254 e. The van der Waals surface area contributed by atoms with Crippen LogP contribution in [0.4, 0.5) is 14.5 Å². The molecular weight excluding hydrogens is 286 g/mol. The van der Waals surface area contributed by atoms with Gasteiger partial charge in [0, 0.05) is 17.6 Å². The van der Waals surface area contributed by atoms with Gasteiger partial charge in [0.2, 0.25) is 0 Å². The zero-order chi connectivity index (χ0) is 14.7. The molecule has 0 aromatic heterocycles. The second-order valence-corrected chi connectivity index (χ2v) is 4.53. The van der Waals surface area contributed by atoms with E-state index in [1.165, 1.54) is 0 Å². The zero-order valence-corrected chi connectivity index (χ0v) is 11.0. The van der Waals surface area contributed by atoms with Crippen LogP contribution < -0.4 is 11.1 Å². The van der Waals surface area contributed by atoms with E-state index in [2.05, 4.69) is 5.32 Å². The van der Waals surface area contributed by atoms with Gasteiger partial charge >= 0.3 is 0 Å². The number of benzene rings is 2. The third kappa shape index (κ3) is 3.05. The molecule has 1 amide bonds. The molecule has 0 radical (unpaired) electrons. The molecular formula is C14H11ClF2N2O. The van der Waals surface area contributed by atoms with Gasteiger partial charge in [-0.25, -0.2) is 8.78 Å². The Morgan fingerprint density at radius 3 is 2.60 bits per heavy atom. The summed E-state index contributed by atoms with van der Waals surface area (Å²) in [6.45, 7) is 0.134. The van der Waals surface area contributed by atoms with Crippen molar-refractivity contribution >= 4 is 23.2 Å². The number of carbonyl (C=O) groups excluding carboxylic acids is 1. The van der Waals surface area contributed by atoms with Gasteiger partial charge in [-0.3, -0.25) is 4.79 Å². The number of nitrogen functional groups attached to an aromatic ring is 1. The van der Waals surface area contributed by atoms with E-state index in [0.717, 1.165) is 6.07 Å². The van der Waals surface area contributed by atoms with E-state index in [1.54, 1.807) is 24.3 Å². The molecule has 0 atom stereocenters. The van der Waals surface area contributed by atoms with Gasteiger partial charge in [-0.2, -0.15) is 0 Å². The number of hydrogen-bond donors (Lipinski definition) is 2. The molecule has 104 valence electrons. The summed E-state index contributed by atoms with van der Waals surface area (Å²) in [4.78, 5) is 11.8. The normalized spacial score (nSPS) is 10.3. The highest BCUT2D eigenvalue weighted by Gasteiger charge is 2.15. The van der Waals surface area contributed by atoms with Gasteiger partial charge < -0.3 is 11.1 Å². The minimum atomic E-state index is -0.964. The Hall–Kier alpha value is -2.14. The molecule has 0 saturated heterocycles. The van der Waals surface area contributed by atoms with Crippen LogP contribution in [0.15, 0.2) is 36.4 Å². The molecule has 0 aliphatic heterocycles. The molecule has 0 heterocycles. The Balaban J connectivity index is 2.13. The second-order valence-electron chi connectivity index (χ2n) is 4.13. The molecule has 2 aromatic rings.